The van der Waals surface area contributed by atoms with Gasteiger partial charge in [-0.15, -0.1) is 0 Å². The number of hydrogen-bond donors (Lipinski definition) is 2. The lowest BCUT2D eigenvalue weighted by atomic mass is 10.1. The van der Waals surface area contributed by atoms with Crippen molar-refractivity contribution in [3.63, 3.8) is 0 Å². The van der Waals surface area contributed by atoms with Crippen molar-refractivity contribution in [1.29, 1.82) is 0 Å². The molecule has 1 aromatic carbocycles. The third kappa shape index (κ3) is 3.48. The summed E-state index contributed by atoms with van der Waals surface area (Å²) in [5, 5.41) is 5.36. The van der Waals surface area contributed by atoms with Gasteiger partial charge in [0, 0.05) is 18.0 Å². The molecule has 130 valence electrons. The number of halogens is 3. The molecule has 0 spiro atoms. The molecule has 2 heterocycles. The van der Waals surface area contributed by atoms with E-state index in [0.29, 0.717) is 0 Å². The van der Waals surface area contributed by atoms with Crippen LogP contribution in [0, 0.1) is 0 Å². The Morgan fingerprint density at radius 1 is 1.04 bits per heavy atom. The zero-order valence-electron chi connectivity index (χ0n) is 12.4. The van der Waals surface area contributed by atoms with Crippen LogP contribution in [-0.2, 0) is 16.2 Å². The molecular weight excluding hydrogens is 357 g/mol. The number of aromatic nitrogens is 3. The van der Waals surface area contributed by atoms with Crippen LogP contribution in [0.15, 0.2) is 59.8 Å². The Balaban J connectivity index is 2.10. The molecule has 0 saturated heterocycles. The van der Waals surface area contributed by atoms with Crippen LogP contribution in [0.1, 0.15) is 5.69 Å². The minimum Gasteiger partial charge on any atom is -0.271 e. The zero-order chi connectivity index (χ0) is 18.1. The second-order valence-corrected chi connectivity index (χ2v) is 6.66. The lowest BCUT2D eigenvalue weighted by molar-refractivity contribution is -0.140. The highest BCUT2D eigenvalue weighted by molar-refractivity contribution is 7.92. The highest BCUT2D eigenvalue weighted by atomic mass is 32.2. The zero-order valence-corrected chi connectivity index (χ0v) is 13.3. The maximum atomic E-state index is 13.2. The Morgan fingerprint density at radius 2 is 1.76 bits per heavy atom. The molecule has 0 unspecified atom stereocenters. The van der Waals surface area contributed by atoms with Crippen LogP contribution >= 0.6 is 0 Å². The number of sulfonamides is 1. The van der Waals surface area contributed by atoms with Crippen LogP contribution in [-0.4, -0.2) is 23.6 Å². The average Bonchev–Trinajstić information content (AvgIpc) is 2.99. The van der Waals surface area contributed by atoms with Crippen molar-refractivity contribution in [2.45, 2.75) is 11.1 Å². The molecule has 0 radical (unpaired) electrons. The third-order valence-corrected chi connectivity index (χ3v) is 4.64. The fourth-order valence-corrected chi connectivity index (χ4v) is 3.23. The molecule has 0 amide bonds. The van der Waals surface area contributed by atoms with Gasteiger partial charge in [-0.05, 0) is 18.2 Å². The number of pyridine rings is 1. The van der Waals surface area contributed by atoms with Crippen molar-refractivity contribution in [1.82, 2.24) is 15.2 Å². The van der Waals surface area contributed by atoms with Crippen molar-refractivity contribution in [3.05, 3.63) is 60.6 Å². The van der Waals surface area contributed by atoms with Gasteiger partial charge >= 0.3 is 6.18 Å². The Morgan fingerprint density at radius 3 is 2.36 bits per heavy atom. The quantitative estimate of drug-likeness (QED) is 0.740. The summed E-state index contributed by atoms with van der Waals surface area (Å²) in [5.74, 6) is -0.454. The number of aromatic amines is 1. The average molecular weight is 368 g/mol. The Labute approximate surface area is 140 Å². The highest BCUT2D eigenvalue weighted by Crippen LogP contribution is 2.39. The molecule has 0 aliphatic rings. The first-order valence-electron chi connectivity index (χ1n) is 6.93. The molecule has 2 N–H and O–H groups in total. The van der Waals surface area contributed by atoms with E-state index >= 15 is 0 Å². The van der Waals surface area contributed by atoms with Gasteiger partial charge in [-0.2, -0.15) is 18.3 Å². The number of benzene rings is 1. The molecule has 10 heteroatoms. The molecule has 6 nitrogen and oxygen atoms in total. The predicted molar refractivity (Wildman–Crippen MR) is 84.1 cm³/mol. The summed E-state index contributed by atoms with van der Waals surface area (Å²) in [6.45, 7) is 0. The third-order valence-electron chi connectivity index (χ3n) is 3.28. The van der Waals surface area contributed by atoms with Crippen molar-refractivity contribution in [2.24, 2.45) is 0 Å². The number of rotatable bonds is 4. The van der Waals surface area contributed by atoms with E-state index in [1.54, 1.807) is 6.07 Å². The normalized spacial score (nSPS) is 12.1. The van der Waals surface area contributed by atoms with E-state index in [1.807, 2.05) is 5.10 Å². The molecule has 3 aromatic rings. The Kier molecular flexibility index (Phi) is 4.21. The number of anilines is 1. The van der Waals surface area contributed by atoms with Crippen LogP contribution in [0.25, 0.3) is 11.1 Å². The number of nitrogens with one attached hydrogen (secondary N) is 2. The predicted octanol–water partition coefficient (Wildman–Crippen LogP) is 3.29. The molecule has 0 bridgehead atoms. The van der Waals surface area contributed by atoms with E-state index in [-0.39, 0.29) is 10.5 Å². The SMILES string of the molecule is O=S(=O)(Nc1n[nH]c(C(F)(F)F)c1-c1cccnc1)c1ccccc1. The van der Waals surface area contributed by atoms with Gasteiger partial charge in [0.05, 0.1) is 10.5 Å². The minimum absolute atomic E-state index is 0.0781. The maximum Gasteiger partial charge on any atom is 0.433 e. The van der Waals surface area contributed by atoms with E-state index in [0.717, 1.165) is 0 Å². The van der Waals surface area contributed by atoms with E-state index in [9.17, 15) is 21.6 Å². The lowest BCUT2D eigenvalue weighted by Crippen LogP contribution is -2.14. The van der Waals surface area contributed by atoms with Gasteiger partial charge in [0.1, 0.15) is 5.69 Å². The minimum atomic E-state index is -4.74. The summed E-state index contributed by atoms with van der Waals surface area (Å²) < 4.78 is 66.6. The maximum absolute atomic E-state index is 13.2. The monoisotopic (exact) mass is 368 g/mol. The summed E-state index contributed by atoms with van der Waals surface area (Å²) >= 11 is 0. The van der Waals surface area contributed by atoms with Crippen LogP contribution in [0.5, 0.6) is 0 Å². The van der Waals surface area contributed by atoms with E-state index in [2.05, 4.69) is 14.8 Å². The molecule has 0 aliphatic carbocycles. The number of hydrogen-bond acceptors (Lipinski definition) is 4. The lowest BCUT2D eigenvalue weighted by Gasteiger charge is -2.10. The van der Waals surface area contributed by atoms with Gasteiger partial charge in [0.25, 0.3) is 10.0 Å². The summed E-state index contributed by atoms with van der Waals surface area (Å²) in [4.78, 5) is 3.68. The van der Waals surface area contributed by atoms with Crippen molar-refractivity contribution >= 4 is 15.8 Å². The second-order valence-electron chi connectivity index (χ2n) is 4.98. The fourth-order valence-electron chi connectivity index (χ4n) is 2.20. The number of nitrogens with zero attached hydrogens (tertiary/aromatic N) is 2. The summed E-state index contributed by atoms with van der Waals surface area (Å²) in [7, 11) is -4.10. The van der Waals surface area contributed by atoms with Gasteiger partial charge in [-0.1, -0.05) is 24.3 Å². The van der Waals surface area contributed by atoms with Crippen LogP contribution in [0.4, 0.5) is 19.0 Å². The molecule has 0 aliphatic heterocycles. The van der Waals surface area contributed by atoms with Gasteiger partial charge < -0.3 is 0 Å². The van der Waals surface area contributed by atoms with Crippen molar-refractivity contribution in [3.8, 4) is 11.1 Å². The standard InChI is InChI=1S/C15H11F3N4O2S/c16-15(17,18)13-12(10-5-4-8-19-9-10)14(21-20-13)22-25(23,24)11-6-2-1-3-7-11/h1-9H,(H2,20,21,22). The molecule has 0 saturated carbocycles. The van der Waals surface area contributed by atoms with E-state index in [4.69, 9.17) is 0 Å². The first-order chi connectivity index (χ1) is 11.8. The number of alkyl halides is 3. The summed E-state index contributed by atoms with van der Waals surface area (Å²) in [5.41, 5.74) is -1.50. The first-order valence-corrected chi connectivity index (χ1v) is 8.41. The fraction of sp³-hybridized carbons (Fsp3) is 0.0667. The van der Waals surface area contributed by atoms with Crippen molar-refractivity contribution < 1.29 is 21.6 Å². The summed E-state index contributed by atoms with van der Waals surface area (Å²) in [6, 6.07) is 10.1. The summed E-state index contributed by atoms with van der Waals surface area (Å²) in [6.07, 6.45) is -2.15. The van der Waals surface area contributed by atoms with Gasteiger partial charge in [0.15, 0.2) is 5.82 Å². The van der Waals surface area contributed by atoms with Gasteiger partial charge in [-0.3, -0.25) is 14.8 Å². The Bertz CT molecular complexity index is 971. The van der Waals surface area contributed by atoms with E-state index < -0.39 is 33.3 Å². The van der Waals surface area contributed by atoms with Crippen LogP contribution in [0.2, 0.25) is 0 Å². The molecule has 3 rings (SSSR count). The second kappa shape index (κ2) is 6.20. The molecule has 0 fully saturated rings. The largest absolute Gasteiger partial charge is 0.433 e. The first kappa shape index (κ1) is 17.0. The topological polar surface area (TPSA) is 87.7 Å². The van der Waals surface area contributed by atoms with E-state index in [1.165, 1.54) is 48.8 Å². The molecule has 2 aromatic heterocycles. The highest BCUT2D eigenvalue weighted by Gasteiger charge is 2.38. The smallest absolute Gasteiger partial charge is 0.271 e. The molecule has 0 atom stereocenters. The number of H-pyrrole nitrogens is 1. The van der Waals surface area contributed by atoms with Crippen LogP contribution in [0.3, 0.4) is 0 Å². The molecular formula is C15H11F3N4O2S. The van der Waals surface area contributed by atoms with Gasteiger partial charge in [0.2, 0.25) is 0 Å². The molecule has 25 heavy (non-hydrogen) atoms. The van der Waals surface area contributed by atoms with Crippen LogP contribution < -0.4 is 4.72 Å². The Hall–Kier alpha value is -2.88. The van der Waals surface area contributed by atoms with Gasteiger partial charge in [-0.25, -0.2) is 8.42 Å². The van der Waals surface area contributed by atoms with Crippen molar-refractivity contribution in [2.75, 3.05) is 4.72 Å².